The lowest BCUT2D eigenvalue weighted by atomic mass is 9.99. The number of hydrogen-bond acceptors (Lipinski definition) is 4. The largest absolute Gasteiger partial charge is 0.481 e. The van der Waals surface area contributed by atoms with Gasteiger partial charge in [0, 0.05) is 24.2 Å². The van der Waals surface area contributed by atoms with Crippen molar-refractivity contribution < 1.29 is 13.9 Å². The predicted octanol–water partition coefficient (Wildman–Crippen LogP) is 2.28. The molecule has 2 unspecified atom stereocenters. The lowest BCUT2D eigenvalue weighted by Crippen LogP contribution is -2.44. The van der Waals surface area contributed by atoms with Crippen molar-refractivity contribution in [3.05, 3.63) is 53.9 Å². The third-order valence-corrected chi connectivity index (χ3v) is 4.59. The molecule has 1 amide bonds. The van der Waals surface area contributed by atoms with Crippen molar-refractivity contribution in [3.63, 3.8) is 0 Å². The van der Waals surface area contributed by atoms with E-state index in [0.29, 0.717) is 0 Å². The number of halogens is 1. The number of hydrogen-bond donors (Lipinski definition) is 0. The van der Waals surface area contributed by atoms with Crippen molar-refractivity contribution in [3.8, 4) is 5.75 Å². The molecular weight excluding hydrogens is 297 g/mol. The van der Waals surface area contributed by atoms with Gasteiger partial charge < -0.3 is 9.64 Å². The first-order valence-electron chi connectivity index (χ1n) is 7.71. The van der Waals surface area contributed by atoms with Crippen LogP contribution in [0.25, 0.3) is 0 Å². The number of carbonyl (C=O) groups is 1. The van der Waals surface area contributed by atoms with Gasteiger partial charge in [0.25, 0.3) is 5.91 Å². The van der Waals surface area contributed by atoms with Crippen LogP contribution in [0.5, 0.6) is 5.75 Å². The highest BCUT2D eigenvalue weighted by Crippen LogP contribution is 2.42. The summed E-state index contributed by atoms with van der Waals surface area (Å²) in [5.74, 6) is -0.468. The lowest BCUT2D eigenvalue weighted by Gasteiger charge is -2.35. The molecule has 0 saturated carbocycles. The molecule has 1 saturated heterocycles. The van der Waals surface area contributed by atoms with Gasteiger partial charge in [0.1, 0.15) is 6.33 Å². The second-order valence-electron chi connectivity index (χ2n) is 5.90. The van der Waals surface area contributed by atoms with E-state index in [0.717, 1.165) is 30.5 Å². The molecular formula is C17H16FN3O2. The minimum absolute atomic E-state index is 0.0154. The maximum absolute atomic E-state index is 13.6. The van der Waals surface area contributed by atoms with E-state index in [1.165, 1.54) is 12.1 Å². The molecule has 1 aromatic carbocycles. The Labute approximate surface area is 133 Å². The second kappa shape index (κ2) is 5.61. The second-order valence-corrected chi connectivity index (χ2v) is 5.90. The maximum Gasteiger partial charge on any atom is 0.261 e. The zero-order valence-electron chi connectivity index (χ0n) is 12.5. The molecule has 1 fully saturated rings. The molecule has 2 aliphatic heterocycles. The number of aromatic nitrogens is 2. The van der Waals surface area contributed by atoms with Crippen LogP contribution in [0, 0.1) is 5.82 Å². The molecule has 2 aromatic rings. The van der Waals surface area contributed by atoms with Crippen molar-refractivity contribution in [1.82, 2.24) is 14.9 Å². The number of fused-ring (bicyclic) bond motifs is 4. The first-order chi connectivity index (χ1) is 11.2. The molecule has 2 bridgehead atoms. The van der Waals surface area contributed by atoms with Gasteiger partial charge in [-0.05, 0) is 25.0 Å². The van der Waals surface area contributed by atoms with E-state index in [4.69, 9.17) is 4.74 Å². The molecule has 6 heteroatoms. The fourth-order valence-electron chi connectivity index (χ4n) is 3.58. The summed E-state index contributed by atoms with van der Waals surface area (Å²) in [6.07, 6.45) is 5.96. The highest BCUT2D eigenvalue weighted by atomic mass is 19.1. The van der Waals surface area contributed by atoms with Gasteiger partial charge in [-0.2, -0.15) is 0 Å². The average Bonchev–Trinajstić information content (AvgIpc) is 2.89. The van der Waals surface area contributed by atoms with Crippen LogP contribution in [0.3, 0.4) is 0 Å². The van der Waals surface area contributed by atoms with Crippen LogP contribution in [0.1, 0.15) is 30.1 Å². The fourth-order valence-corrected chi connectivity index (χ4v) is 3.58. The smallest absolute Gasteiger partial charge is 0.261 e. The van der Waals surface area contributed by atoms with Gasteiger partial charge >= 0.3 is 0 Å². The summed E-state index contributed by atoms with van der Waals surface area (Å²) in [6, 6.07) is 6.28. The van der Waals surface area contributed by atoms with E-state index in [1.807, 2.05) is 4.90 Å². The molecule has 0 N–H and O–H groups in total. The normalized spacial score (nSPS) is 21.9. The van der Waals surface area contributed by atoms with Crippen LogP contribution in [-0.2, 0) is 11.2 Å². The van der Waals surface area contributed by atoms with Gasteiger partial charge in [-0.3, -0.25) is 4.79 Å². The predicted molar refractivity (Wildman–Crippen MR) is 80.2 cm³/mol. The topological polar surface area (TPSA) is 55.3 Å². The van der Waals surface area contributed by atoms with E-state index < -0.39 is 5.82 Å². The number of nitrogens with zero attached hydrogens (tertiary/aromatic N) is 3. The summed E-state index contributed by atoms with van der Waals surface area (Å²) < 4.78 is 18.9. The lowest BCUT2D eigenvalue weighted by molar-refractivity contribution is -0.137. The molecule has 1 aromatic heterocycles. The molecule has 0 aliphatic carbocycles. The fraction of sp³-hybridized carbons (Fsp3) is 0.353. The molecule has 0 spiro atoms. The molecule has 118 valence electrons. The monoisotopic (exact) mass is 313 g/mol. The van der Waals surface area contributed by atoms with Crippen molar-refractivity contribution in [2.24, 2.45) is 0 Å². The van der Waals surface area contributed by atoms with Crippen LogP contribution in [0.15, 0.2) is 36.8 Å². The van der Waals surface area contributed by atoms with Gasteiger partial charge in [0.05, 0.1) is 11.7 Å². The first-order valence-corrected chi connectivity index (χ1v) is 7.71. The van der Waals surface area contributed by atoms with E-state index in [1.54, 1.807) is 24.7 Å². The van der Waals surface area contributed by atoms with Crippen molar-refractivity contribution in [1.29, 1.82) is 0 Å². The molecule has 2 atom stereocenters. The Balaban J connectivity index is 1.51. The standard InChI is InChI=1S/C17H16FN3O2/c18-13-3-1-2-4-16(13)23-9-17(22)21-11-5-6-15(21)12-8-19-10-20-14(12)7-11/h1-4,8,10-11,15H,5-7,9H2. The SMILES string of the molecule is O=C(COc1ccccc1F)N1C2CCC1c1cncnc1C2. The Morgan fingerprint density at radius 2 is 2.22 bits per heavy atom. The summed E-state index contributed by atoms with van der Waals surface area (Å²) in [5, 5.41) is 0. The average molecular weight is 313 g/mol. The summed E-state index contributed by atoms with van der Waals surface area (Å²) in [7, 11) is 0. The quantitative estimate of drug-likeness (QED) is 0.872. The van der Waals surface area contributed by atoms with Crippen LogP contribution in [0.4, 0.5) is 4.39 Å². The Hall–Kier alpha value is -2.50. The van der Waals surface area contributed by atoms with E-state index >= 15 is 0 Å². The van der Waals surface area contributed by atoms with Crippen molar-refractivity contribution in [2.45, 2.75) is 31.3 Å². The maximum atomic E-state index is 13.6. The van der Waals surface area contributed by atoms with Gasteiger partial charge in [0.15, 0.2) is 18.2 Å². The number of rotatable bonds is 3. The molecule has 2 aliphatic rings. The number of ether oxygens (including phenoxy) is 1. The Kier molecular flexibility index (Phi) is 3.44. The van der Waals surface area contributed by atoms with Gasteiger partial charge in [0.2, 0.25) is 0 Å². The van der Waals surface area contributed by atoms with Crippen LogP contribution in [0.2, 0.25) is 0 Å². The van der Waals surface area contributed by atoms with Gasteiger partial charge in [-0.1, -0.05) is 12.1 Å². The van der Waals surface area contributed by atoms with Gasteiger partial charge in [-0.25, -0.2) is 14.4 Å². The zero-order valence-corrected chi connectivity index (χ0v) is 12.5. The molecule has 3 heterocycles. The molecule has 0 radical (unpaired) electrons. The van der Waals surface area contributed by atoms with E-state index in [9.17, 15) is 9.18 Å². The summed E-state index contributed by atoms with van der Waals surface area (Å²) in [4.78, 5) is 22.9. The number of benzene rings is 1. The Morgan fingerprint density at radius 1 is 1.35 bits per heavy atom. The van der Waals surface area contributed by atoms with Crippen molar-refractivity contribution in [2.75, 3.05) is 6.61 Å². The third-order valence-electron chi connectivity index (χ3n) is 4.59. The molecule has 5 nitrogen and oxygen atoms in total. The molecule has 4 rings (SSSR count). The Bertz CT molecular complexity index is 752. The molecule has 23 heavy (non-hydrogen) atoms. The number of carbonyl (C=O) groups excluding carboxylic acids is 1. The number of para-hydroxylation sites is 1. The van der Waals surface area contributed by atoms with Crippen LogP contribution < -0.4 is 4.74 Å². The highest BCUT2D eigenvalue weighted by molar-refractivity contribution is 5.79. The number of amides is 1. The van der Waals surface area contributed by atoms with Crippen LogP contribution >= 0.6 is 0 Å². The Morgan fingerprint density at radius 3 is 3.09 bits per heavy atom. The van der Waals surface area contributed by atoms with E-state index in [2.05, 4.69) is 9.97 Å². The minimum atomic E-state index is -0.458. The highest BCUT2D eigenvalue weighted by Gasteiger charge is 2.43. The zero-order chi connectivity index (χ0) is 15.8. The third kappa shape index (κ3) is 2.44. The van der Waals surface area contributed by atoms with Crippen molar-refractivity contribution >= 4 is 5.91 Å². The van der Waals surface area contributed by atoms with Crippen LogP contribution in [-0.4, -0.2) is 33.4 Å². The first kappa shape index (κ1) is 14.1. The summed E-state index contributed by atoms with van der Waals surface area (Å²) >= 11 is 0. The summed E-state index contributed by atoms with van der Waals surface area (Å²) in [6.45, 7) is -0.156. The summed E-state index contributed by atoms with van der Waals surface area (Å²) in [5.41, 5.74) is 2.06. The minimum Gasteiger partial charge on any atom is -0.481 e. The van der Waals surface area contributed by atoms with E-state index in [-0.39, 0.29) is 30.3 Å². The van der Waals surface area contributed by atoms with Gasteiger partial charge in [-0.15, -0.1) is 0 Å².